The van der Waals surface area contributed by atoms with Crippen LogP contribution in [0.5, 0.6) is 5.75 Å². The van der Waals surface area contributed by atoms with Crippen molar-refractivity contribution in [3.63, 3.8) is 0 Å². The molecule has 0 aromatic heterocycles. The molecule has 3 N–H and O–H groups in total. The molecule has 0 heterocycles. The predicted molar refractivity (Wildman–Crippen MR) is 83.6 cm³/mol. The normalized spacial score (nSPS) is 11.4. The number of ether oxygens (including phenoxy) is 1. The summed E-state index contributed by atoms with van der Waals surface area (Å²) in [4.78, 5) is 11.8. The standard InChI is InChI=1S/C14H21N3O2S/c1-5-15-14(20)17-16-13(18)11(4)19-12-7-9(2)6-10(3)8-12/h6-8,11H,5H2,1-4H3,(H,16,18)(H2,15,17,20)/t11-/m1/s1. The first-order valence-corrected chi connectivity index (χ1v) is 6.92. The summed E-state index contributed by atoms with van der Waals surface area (Å²) in [6.45, 7) is 8.27. The number of rotatable bonds is 4. The third-order valence-electron chi connectivity index (χ3n) is 2.51. The lowest BCUT2D eigenvalue weighted by atomic mass is 10.1. The van der Waals surface area contributed by atoms with Crippen molar-refractivity contribution in [2.45, 2.75) is 33.8 Å². The summed E-state index contributed by atoms with van der Waals surface area (Å²) >= 11 is 4.94. The Bertz CT molecular complexity index is 471. The molecule has 1 aromatic carbocycles. The van der Waals surface area contributed by atoms with Crippen LogP contribution >= 0.6 is 12.2 Å². The van der Waals surface area contributed by atoms with Gasteiger partial charge in [0.1, 0.15) is 5.75 Å². The number of hydrogen-bond acceptors (Lipinski definition) is 3. The van der Waals surface area contributed by atoms with Crippen LogP contribution in [0.25, 0.3) is 0 Å². The maximum Gasteiger partial charge on any atom is 0.279 e. The number of hydrogen-bond donors (Lipinski definition) is 3. The summed E-state index contributed by atoms with van der Waals surface area (Å²) in [5.74, 6) is 0.392. The molecule has 110 valence electrons. The minimum atomic E-state index is -0.617. The predicted octanol–water partition coefficient (Wildman–Crippen LogP) is 1.59. The van der Waals surface area contributed by atoms with E-state index in [-0.39, 0.29) is 5.91 Å². The molecule has 1 aromatic rings. The van der Waals surface area contributed by atoms with E-state index in [0.29, 0.717) is 17.4 Å². The lowest BCUT2D eigenvalue weighted by Gasteiger charge is -2.16. The molecule has 1 amide bonds. The van der Waals surface area contributed by atoms with E-state index in [4.69, 9.17) is 17.0 Å². The second kappa shape index (κ2) is 7.69. The molecule has 6 heteroatoms. The lowest BCUT2D eigenvalue weighted by Crippen LogP contribution is -2.50. The molecule has 0 bridgehead atoms. The fourth-order valence-electron chi connectivity index (χ4n) is 1.68. The highest BCUT2D eigenvalue weighted by Gasteiger charge is 2.14. The maximum atomic E-state index is 11.8. The van der Waals surface area contributed by atoms with Crippen molar-refractivity contribution in [1.82, 2.24) is 16.2 Å². The van der Waals surface area contributed by atoms with Crippen LogP contribution in [0.1, 0.15) is 25.0 Å². The molecular weight excluding hydrogens is 274 g/mol. The molecule has 5 nitrogen and oxygen atoms in total. The van der Waals surface area contributed by atoms with Gasteiger partial charge in [0.2, 0.25) is 0 Å². The first kappa shape index (κ1) is 16.2. The van der Waals surface area contributed by atoms with Crippen LogP contribution in [-0.4, -0.2) is 23.7 Å². The van der Waals surface area contributed by atoms with Crippen LogP contribution in [0, 0.1) is 13.8 Å². The van der Waals surface area contributed by atoms with E-state index in [1.165, 1.54) is 0 Å². The molecule has 0 unspecified atom stereocenters. The second-order valence-electron chi connectivity index (χ2n) is 4.56. The second-order valence-corrected chi connectivity index (χ2v) is 4.97. The molecule has 0 spiro atoms. The lowest BCUT2D eigenvalue weighted by molar-refractivity contribution is -0.127. The fraction of sp³-hybridized carbons (Fsp3) is 0.429. The topological polar surface area (TPSA) is 62.4 Å². The van der Waals surface area contributed by atoms with E-state index in [2.05, 4.69) is 16.2 Å². The van der Waals surface area contributed by atoms with Crippen molar-refractivity contribution in [3.8, 4) is 5.75 Å². The molecule has 0 aliphatic carbocycles. The van der Waals surface area contributed by atoms with Crippen molar-refractivity contribution >= 4 is 23.2 Å². The van der Waals surface area contributed by atoms with Gasteiger partial charge in [-0.05, 0) is 63.2 Å². The molecule has 1 rings (SSSR count). The van der Waals surface area contributed by atoms with Gasteiger partial charge in [0.05, 0.1) is 0 Å². The summed E-state index contributed by atoms with van der Waals surface area (Å²) in [6.07, 6.45) is -0.617. The molecule has 0 fully saturated rings. The Labute approximate surface area is 125 Å². The van der Waals surface area contributed by atoms with E-state index in [9.17, 15) is 4.79 Å². The Kier molecular flexibility index (Phi) is 6.24. The molecule has 0 aliphatic rings. The van der Waals surface area contributed by atoms with Gasteiger partial charge in [0.15, 0.2) is 11.2 Å². The summed E-state index contributed by atoms with van der Waals surface area (Å²) in [5.41, 5.74) is 7.31. The molecule has 0 saturated carbocycles. The van der Waals surface area contributed by atoms with Gasteiger partial charge < -0.3 is 10.1 Å². The summed E-state index contributed by atoms with van der Waals surface area (Å²) in [7, 11) is 0. The van der Waals surface area contributed by atoms with Crippen molar-refractivity contribution in [2.24, 2.45) is 0 Å². The van der Waals surface area contributed by atoms with E-state index in [0.717, 1.165) is 11.1 Å². The number of nitrogens with one attached hydrogen (secondary N) is 3. The molecule has 1 atom stereocenters. The Morgan fingerprint density at radius 1 is 1.25 bits per heavy atom. The van der Waals surface area contributed by atoms with Gasteiger partial charge in [-0.15, -0.1) is 0 Å². The number of aryl methyl sites for hydroxylation is 2. The Balaban J connectivity index is 2.51. The van der Waals surface area contributed by atoms with Gasteiger partial charge in [-0.1, -0.05) is 6.07 Å². The number of thiocarbonyl (C=S) groups is 1. The minimum absolute atomic E-state index is 0.288. The largest absolute Gasteiger partial charge is 0.481 e. The van der Waals surface area contributed by atoms with Gasteiger partial charge in [0.25, 0.3) is 5.91 Å². The van der Waals surface area contributed by atoms with Crippen LogP contribution in [-0.2, 0) is 4.79 Å². The number of carbonyl (C=O) groups is 1. The molecular formula is C14H21N3O2S. The number of carbonyl (C=O) groups excluding carboxylic acids is 1. The number of amides is 1. The molecule has 0 aliphatic heterocycles. The third kappa shape index (κ3) is 5.44. The van der Waals surface area contributed by atoms with Gasteiger partial charge in [-0.25, -0.2) is 0 Å². The Morgan fingerprint density at radius 3 is 2.40 bits per heavy atom. The van der Waals surface area contributed by atoms with Gasteiger partial charge in [0, 0.05) is 6.54 Å². The van der Waals surface area contributed by atoms with Crippen LogP contribution < -0.4 is 20.9 Å². The van der Waals surface area contributed by atoms with E-state index in [1.54, 1.807) is 6.92 Å². The summed E-state index contributed by atoms with van der Waals surface area (Å²) in [6, 6.07) is 5.84. The summed E-state index contributed by atoms with van der Waals surface area (Å²) in [5, 5.41) is 3.24. The highest BCUT2D eigenvalue weighted by molar-refractivity contribution is 7.80. The zero-order chi connectivity index (χ0) is 15.1. The highest BCUT2D eigenvalue weighted by atomic mass is 32.1. The minimum Gasteiger partial charge on any atom is -0.481 e. The average molecular weight is 295 g/mol. The molecule has 0 saturated heterocycles. The molecule has 0 radical (unpaired) electrons. The van der Waals surface area contributed by atoms with Crippen LogP contribution in [0.2, 0.25) is 0 Å². The first-order valence-electron chi connectivity index (χ1n) is 6.51. The van der Waals surface area contributed by atoms with E-state index in [1.807, 2.05) is 39.0 Å². The van der Waals surface area contributed by atoms with Crippen LogP contribution in [0.4, 0.5) is 0 Å². The van der Waals surface area contributed by atoms with E-state index < -0.39 is 6.10 Å². The van der Waals surface area contributed by atoms with Crippen LogP contribution in [0.3, 0.4) is 0 Å². The van der Waals surface area contributed by atoms with Crippen LogP contribution in [0.15, 0.2) is 18.2 Å². The molecule has 20 heavy (non-hydrogen) atoms. The van der Waals surface area contributed by atoms with Crippen molar-refractivity contribution < 1.29 is 9.53 Å². The Hall–Kier alpha value is -1.82. The quantitative estimate of drug-likeness (QED) is 0.581. The summed E-state index contributed by atoms with van der Waals surface area (Å²) < 4.78 is 5.61. The van der Waals surface area contributed by atoms with Gasteiger partial charge in [-0.2, -0.15) is 0 Å². The fourth-order valence-corrected chi connectivity index (χ4v) is 1.88. The average Bonchev–Trinajstić information content (AvgIpc) is 2.34. The monoisotopic (exact) mass is 295 g/mol. The van der Waals surface area contributed by atoms with Crippen molar-refractivity contribution in [1.29, 1.82) is 0 Å². The highest BCUT2D eigenvalue weighted by Crippen LogP contribution is 2.17. The van der Waals surface area contributed by atoms with Crippen molar-refractivity contribution in [2.75, 3.05) is 6.54 Å². The Morgan fingerprint density at radius 2 is 1.85 bits per heavy atom. The maximum absolute atomic E-state index is 11.8. The van der Waals surface area contributed by atoms with Gasteiger partial charge in [-0.3, -0.25) is 15.6 Å². The van der Waals surface area contributed by atoms with Crippen molar-refractivity contribution in [3.05, 3.63) is 29.3 Å². The number of hydrazine groups is 1. The SMILES string of the molecule is CCNC(=S)NNC(=O)[C@@H](C)Oc1cc(C)cc(C)c1. The zero-order valence-corrected chi connectivity index (χ0v) is 13.1. The number of benzene rings is 1. The van der Waals surface area contributed by atoms with E-state index >= 15 is 0 Å². The third-order valence-corrected chi connectivity index (χ3v) is 2.76. The smallest absolute Gasteiger partial charge is 0.279 e. The first-order chi connectivity index (χ1) is 9.42. The van der Waals surface area contributed by atoms with Gasteiger partial charge >= 0.3 is 0 Å². The zero-order valence-electron chi connectivity index (χ0n) is 12.2.